The van der Waals surface area contributed by atoms with Crippen molar-refractivity contribution in [2.24, 2.45) is 5.73 Å². The van der Waals surface area contributed by atoms with E-state index >= 15 is 0 Å². The first-order valence-corrected chi connectivity index (χ1v) is 7.79. The van der Waals surface area contributed by atoms with Gasteiger partial charge in [-0.25, -0.2) is 4.39 Å². The van der Waals surface area contributed by atoms with Gasteiger partial charge in [0, 0.05) is 21.2 Å². The topological polar surface area (TPSA) is 26.0 Å². The lowest BCUT2D eigenvalue weighted by Crippen LogP contribution is -2.25. The highest BCUT2D eigenvalue weighted by Gasteiger charge is 2.20. The van der Waals surface area contributed by atoms with Gasteiger partial charge in [-0.2, -0.15) is 0 Å². The molecule has 0 aliphatic heterocycles. The van der Waals surface area contributed by atoms with Crippen molar-refractivity contribution in [2.45, 2.75) is 29.5 Å². The predicted octanol–water partition coefficient (Wildman–Crippen LogP) is 5.05. The second kappa shape index (κ2) is 7.11. The fraction of sp³-hybridized carbons (Fsp3) is 0.250. The minimum Gasteiger partial charge on any atom is -0.326 e. The largest absolute Gasteiger partial charge is 0.326 e. The summed E-state index contributed by atoms with van der Waals surface area (Å²) in [6, 6.07) is 14.2. The molecule has 0 amide bonds. The summed E-state index contributed by atoms with van der Waals surface area (Å²) in [5.74, 6) is -0.231. The normalized spacial score (nSPS) is 14.0. The summed E-state index contributed by atoms with van der Waals surface area (Å²) in [5, 5.41) is 0.789. The van der Waals surface area contributed by atoms with E-state index in [2.05, 4.69) is 6.92 Å². The van der Waals surface area contributed by atoms with Crippen LogP contribution in [0, 0.1) is 5.82 Å². The molecule has 20 heavy (non-hydrogen) atoms. The van der Waals surface area contributed by atoms with Crippen molar-refractivity contribution in [3.63, 3.8) is 0 Å². The van der Waals surface area contributed by atoms with Crippen LogP contribution in [0.25, 0.3) is 0 Å². The van der Waals surface area contributed by atoms with Crippen molar-refractivity contribution < 1.29 is 4.39 Å². The van der Waals surface area contributed by atoms with Gasteiger partial charge in [0.2, 0.25) is 0 Å². The molecule has 2 rings (SSSR count). The third kappa shape index (κ3) is 3.98. The van der Waals surface area contributed by atoms with E-state index in [0.29, 0.717) is 5.02 Å². The Bertz CT molecular complexity index is 559. The molecule has 0 saturated heterocycles. The fourth-order valence-electron chi connectivity index (χ4n) is 1.96. The van der Waals surface area contributed by atoms with Crippen LogP contribution in [-0.2, 0) is 0 Å². The van der Waals surface area contributed by atoms with Crippen LogP contribution >= 0.6 is 23.4 Å². The lowest BCUT2D eigenvalue weighted by Gasteiger charge is -2.23. The van der Waals surface area contributed by atoms with Crippen molar-refractivity contribution in [3.05, 3.63) is 64.9 Å². The summed E-state index contributed by atoms with van der Waals surface area (Å²) in [4.78, 5) is 1.07. The van der Waals surface area contributed by atoms with Crippen molar-refractivity contribution in [2.75, 3.05) is 0 Å². The minimum absolute atomic E-state index is 0.00411. The van der Waals surface area contributed by atoms with Gasteiger partial charge in [0.05, 0.1) is 0 Å². The van der Waals surface area contributed by atoms with Crippen molar-refractivity contribution in [1.29, 1.82) is 0 Å². The Kier molecular flexibility index (Phi) is 5.46. The smallest absolute Gasteiger partial charge is 0.123 e. The molecule has 106 valence electrons. The molecule has 0 fully saturated rings. The molecular formula is C16H17ClFNS. The molecule has 0 aliphatic rings. The van der Waals surface area contributed by atoms with Crippen LogP contribution in [0.4, 0.5) is 4.39 Å². The average Bonchev–Trinajstić information content (AvgIpc) is 2.45. The number of hydrogen-bond donors (Lipinski definition) is 1. The zero-order chi connectivity index (χ0) is 14.5. The molecule has 0 bridgehead atoms. The minimum atomic E-state index is -0.231. The first-order chi connectivity index (χ1) is 9.60. The zero-order valence-corrected chi connectivity index (χ0v) is 12.8. The van der Waals surface area contributed by atoms with E-state index in [0.717, 1.165) is 16.9 Å². The molecular weight excluding hydrogens is 293 g/mol. The highest BCUT2D eigenvalue weighted by molar-refractivity contribution is 7.99. The first kappa shape index (κ1) is 15.4. The quantitative estimate of drug-likeness (QED) is 0.782. The van der Waals surface area contributed by atoms with E-state index in [9.17, 15) is 4.39 Å². The van der Waals surface area contributed by atoms with E-state index in [1.54, 1.807) is 23.9 Å². The van der Waals surface area contributed by atoms with Crippen LogP contribution in [0.2, 0.25) is 5.02 Å². The van der Waals surface area contributed by atoms with Gasteiger partial charge in [0.1, 0.15) is 5.82 Å². The summed E-state index contributed by atoms with van der Waals surface area (Å²) in [6.45, 7) is 2.06. The fourth-order valence-corrected chi connectivity index (χ4v) is 3.52. The van der Waals surface area contributed by atoms with Gasteiger partial charge in [0.25, 0.3) is 0 Å². The number of benzene rings is 2. The maximum absolute atomic E-state index is 13.1. The van der Waals surface area contributed by atoms with Crippen LogP contribution in [0.15, 0.2) is 53.4 Å². The van der Waals surface area contributed by atoms with Gasteiger partial charge in [-0.15, -0.1) is 11.8 Å². The van der Waals surface area contributed by atoms with Crippen LogP contribution in [0.5, 0.6) is 0 Å². The Hall–Kier alpha value is -1.03. The molecule has 2 atom stereocenters. The Morgan fingerprint density at radius 2 is 1.90 bits per heavy atom. The van der Waals surface area contributed by atoms with E-state index in [-0.39, 0.29) is 17.1 Å². The van der Waals surface area contributed by atoms with Crippen molar-refractivity contribution >= 4 is 23.4 Å². The monoisotopic (exact) mass is 309 g/mol. The van der Waals surface area contributed by atoms with Crippen LogP contribution < -0.4 is 5.73 Å². The molecule has 0 radical (unpaired) electrons. The highest BCUT2D eigenvalue weighted by Crippen LogP contribution is 2.38. The molecule has 0 aromatic heterocycles. The molecule has 1 nitrogen and oxygen atoms in total. The van der Waals surface area contributed by atoms with Crippen molar-refractivity contribution in [3.8, 4) is 0 Å². The third-order valence-electron chi connectivity index (χ3n) is 3.12. The maximum atomic E-state index is 13.1. The van der Waals surface area contributed by atoms with E-state index < -0.39 is 0 Å². The van der Waals surface area contributed by atoms with Crippen LogP contribution in [0.1, 0.15) is 24.2 Å². The summed E-state index contributed by atoms with van der Waals surface area (Å²) in [5.41, 5.74) is 7.26. The lowest BCUT2D eigenvalue weighted by atomic mass is 10.0. The van der Waals surface area contributed by atoms with Gasteiger partial charge >= 0.3 is 0 Å². The Balaban J connectivity index is 2.26. The number of rotatable bonds is 5. The van der Waals surface area contributed by atoms with Gasteiger partial charge < -0.3 is 5.73 Å². The summed E-state index contributed by atoms with van der Waals surface area (Å²) in [7, 11) is 0. The van der Waals surface area contributed by atoms with Crippen LogP contribution in [-0.4, -0.2) is 6.04 Å². The summed E-state index contributed by atoms with van der Waals surface area (Å²) >= 11 is 7.68. The number of hydrogen-bond acceptors (Lipinski definition) is 2. The Morgan fingerprint density at radius 1 is 1.20 bits per heavy atom. The molecule has 0 spiro atoms. The molecule has 0 aliphatic carbocycles. The van der Waals surface area contributed by atoms with E-state index in [4.69, 9.17) is 17.3 Å². The average molecular weight is 310 g/mol. The summed E-state index contributed by atoms with van der Waals surface area (Å²) in [6.07, 6.45) is 0.857. The molecule has 2 N–H and O–H groups in total. The van der Waals surface area contributed by atoms with Crippen molar-refractivity contribution in [1.82, 2.24) is 0 Å². The molecule has 2 aromatic rings. The van der Waals surface area contributed by atoms with E-state index in [1.165, 1.54) is 12.1 Å². The standard InChI is InChI=1S/C16H17ClFNS/c1-2-15(19)16(11-6-8-13(18)9-7-11)20-14-5-3-4-12(17)10-14/h3-10,15-16H,2,19H2,1H3. The summed E-state index contributed by atoms with van der Waals surface area (Å²) < 4.78 is 13.1. The highest BCUT2D eigenvalue weighted by atomic mass is 35.5. The van der Waals surface area contributed by atoms with Gasteiger partial charge in [-0.05, 0) is 42.3 Å². The maximum Gasteiger partial charge on any atom is 0.123 e. The number of thioether (sulfide) groups is 1. The predicted molar refractivity (Wildman–Crippen MR) is 84.7 cm³/mol. The van der Waals surface area contributed by atoms with Gasteiger partial charge in [0.15, 0.2) is 0 Å². The second-order valence-electron chi connectivity index (χ2n) is 4.62. The molecule has 2 unspecified atom stereocenters. The Labute approximate surface area is 128 Å². The van der Waals surface area contributed by atoms with Gasteiger partial charge in [-0.3, -0.25) is 0 Å². The van der Waals surface area contributed by atoms with Gasteiger partial charge in [-0.1, -0.05) is 36.7 Å². The lowest BCUT2D eigenvalue weighted by molar-refractivity contribution is 0.618. The van der Waals surface area contributed by atoms with E-state index in [1.807, 2.05) is 24.3 Å². The first-order valence-electron chi connectivity index (χ1n) is 6.53. The van der Waals surface area contributed by atoms with Crippen LogP contribution in [0.3, 0.4) is 0 Å². The molecule has 0 heterocycles. The zero-order valence-electron chi connectivity index (χ0n) is 11.2. The second-order valence-corrected chi connectivity index (χ2v) is 6.27. The molecule has 0 saturated carbocycles. The number of nitrogens with two attached hydrogens (primary N) is 1. The number of halogens is 2. The molecule has 4 heteroatoms. The SMILES string of the molecule is CCC(N)C(Sc1cccc(Cl)c1)c1ccc(F)cc1. The molecule has 2 aromatic carbocycles. The third-order valence-corrected chi connectivity index (χ3v) is 4.75. The Morgan fingerprint density at radius 3 is 2.50 bits per heavy atom.